The van der Waals surface area contributed by atoms with Crippen molar-refractivity contribution in [1.29, 1.82) is 0 Å². The van der Waals surface area contributed by atoms with Crippen molar-refractivity contribution in [2.45, 2.75) is 0 Å². The molecule has 0 fully saturated rings. The fourth-order valence-electron chi connectivity index (χ4n) is 1.23. The van der Waals surface area contributed by atoms with Crippen LogP contribution < -0.4 is 5.56 Å². The van der Waals surface area contributed by atoms with E-state index in [9.17, 15) is 9.90 Å². The Morgan fingerprint density at radius 2 is 2.08 bits per heavy atom. The predicted molar refractivity (Wildman–Crippen MR) is 51.2 cm³/mol. The first-order valence-corrected chi connectivity index (χ1v) is 4.06. The minimum Gasteiger partial charge on any atom is -0.494 e. The molecule has 2 rings (SSSR count). The SMILES string of the molecule is O=c1cc2cc(Cl)ccc2c(O)[nH]1. The molecule has 0 aliphatic carbocycles. The summed E-state index contributed by atoms with van der Waals surface area (Å²) < 4.78 is 0. The molecule has 2 aromatic rings. The van der Waals surface area contributed by atoms with Crippen LogP contribution in [0.3, 0.4) is 0 Å². The Hall–Kier alpha value is -1.48. The lowest BCUT2D eigenvalue weighted by molar-refractivity contribution is 0.459. The van der Waals surface area contributed by atoms with E-state index in [1.165, 1.54) is 6.07 Å². The van der Waals surface area contributed by atoms with E-state index < -0.39 is 0 Å². The zero-order chi connectivity index (χ0) is 9.42. The van der Waals surface area contributed by atoms with Crippen LogP contribution in [0.25, 0.3) is 10.8 Å². The number of H-pyrrole nitrogens is 1. The van der Waals surface area contributed by atoms with E-state index in [4.69, 9.17) is 11.6 Å². The van der Waals surface area contributed by atoms with Gasteiger partial charge in [-0.25, -0.2) is 0 Å². The highest BCUT2D eigenvalue weighted by Gasteiger charge is 2.01. The number of nitrogens with one attached hydrogen (secondary N) is 1. The van der Waals surface area contributed by atoms with Crippen LogP contribution in [0, 0.1) is 0 Å². The van der Waals surface area contributed by atoms with Gasteiger partial charge >= 0.3 is 0 Å². The Morgan fingerprint density at radius 3 is 2.85 bits per heavy atom. The molecule has 0 atom stereocenters. The summed E-state index contributed by atoms with van der Waals surface area (Å²) >= 11 is 5.73. The number of aromatic hydroxyl groups is 1. The molecule has 1 heterocycles. The molecule has 0 saturated carbocycles. The first-order valence-electron chi connectivity index (χ1n) is 3.68. The number of pyridine rings is 1. The minimum absolute atomic E-state index is 0.126. The van der Waals surface area contributed by atoms with Gasteiger partial charge in [0.15, 0.2) is 5.88 Å². The highest BCUT2D eigenvalue weighted by atomic mass is 35.5. The van der Waals surface area contributed by atoms with Crippen molar-refractivity contribution in [3.63, 3.8) is 0 Å². The van der Waals surface area contributed by atoms with E-state index in [2.05, 4.69) is 4.98 Å². The van der Waals surface area contributed by atoms with E-state index in [-0.39, 0.29) is 11.4 Å². The highest BCUT2D eigenvalue weighted by molar-refractivity contribution is 6.31. The van der Waals surface area contributed by atoms with Crippen LogP contribution in [0.2, 0.25) is 5.02 Å². The van der Waals surface area contributed by atoms with Crippen LogP contribution >= 0.6 is 11.6 Å². The van der Waals surface area contributed by atoms with Gasteiger partial charge in [0.2, 0.25) is 0 Å². The average Bonchev–Trinajstić information content (AvgIpc) is 2.02. The molecule has 2 N–H and O–H groups in total. The molecular weight excluding hydrogens is 190 g/mol. The number of benzene rings is 1. The molecule has 0 bridgehead atoms. The Kier molecular flexibility index (Phi) is 1.74. The number of fused-ring (bicyclic) bond motifs is 1. The third kappa shape index (κ3) is 1.38. The van der Waals surface area contributed by atoms with Gasteiger partial charge in [0, 0.05) is 16.5 Å². The third-order valence-electron chi connectivity index (χ3n) is 1.80. The van der Waals surface area contributed by atoms with Crippen molar-refractivity contribution in [3.8, 4) is 5.88 Å². The van der Waals surface area contributed by atoms with Gasteiger partial charge < -0.3 is 5.11 Å². The topological polar surface area (TPSA) is 53.1 Å². The molecule has 0 aliphatic rings. The molecule has 66 valence electrons. The minimum atomic E-state index is -0.340. The van der Waals surface area contributed by atoms with Gasteiger partial charge in [-0.1, -0.05) is 11.6 Å². The fraction of sp³-hybridized carbons (Fsp3) is 0. The number of halogens is 1. The lowest BCUT2D eigenvalue weighted by Gasteiger charge is -1.99. The Morgan fingerprint density at radius 1 is 1.31 bits per heavy atom. The number of hydrogen-bond donors (Lipinski definition) is 2. The number of aromatic amines is 1. The smallest absolute Gasteiger partial charge is 0.251 e. The second-order valence-corrected chi connectivity index (χ2v) is 3.15. The second kappa shape index (κ2) is 2.78. The molecule has 3 nitrogen and oxygen atoms in total. The van der Waals surface area contributed by atoms with Crippen LogP contribution in [-0.4, -0.2) is 10.1 Å². The Balaban J connectivity index is 2.94. The first kappa shape index (κ1) is 8.13. The number of hydrogen-bond acceptors (Lipinski definition) is 2. The van der Waals surface area contributed by atoms with Gasteiger partial charge in [0.05, 0.1) is 0 Å². The molecule has 0 radical (unpaired) electrons. The lowest BCUT2D eigenvalue weighted by atomic mass is 10.2. The van der Waals surface area contributed by atoms with E-state index in [0.717, 1.165) is 0 Å². The number of aromatic nitrogens is 1. The molecule has 4 heteroatoms. The van der Waals surface area contributed by atoms with Crippen LogP contribution in [-0.2, 0) is 0 Å². The molecule has 1 aromatic heterocycles. The van der Waals surface area contributed by atoms with Crippen molar-refractivity contribution in [2.24, 2.45) is 0 Å². The van der Waals surface area contributed by atoms with Gasteiger partial charge in [-0.2, -0.15) is 0 Å². The molecule has 0 amide bonds. The lowest BCUT2D eigenvalue weighted by Crippen LogP contribution is -2.02. The maximum absolute atomic E-state index is 11.0. The zero-order valence-corrected chi connectivity index (χ0v) is 7.30. The summed E-state index contributed by atoms with van der Waals surface area (Å²) in [5.41, 5.74) is -0.340. The maximum atomic E-state index is 11.0. The summed E-state index contributed by atoms with van der Waals surface area (Å²) in [6.07, 6.45) is 0. The summed E-state index contributed by atoms with van der Waals surface area (Å²) in [4.78, 5) is 13.2. The van der Waals surface area contributed by atoms with Gasteiger partial charge in [0.25, 0.3) is 5.56 Å². The quantitative estimate of drug-likeness (QED) is 0.675. The summed E-state index contributed by atoms with van der Waals surface area (Å²) in [7, 11) is 0. The molecule has 0 saturated heterocycles. The fourth-order valence-corrected chi connectivity index (χ4v) is 1.41. The van der Waals surface area contributed by atoms with Crippen LogP contribution in [0.4, 0.5) is 0 Å². The molecule has 13 heavy (non-hydrogen) atoms. The molecule has 1 aromatic carbocycles. The molecule has 0 aliphatic heterocycles. The van der Waals surface area contributed by atoms with Crippen molar-refractivity contribution >= 4 is 22.4 Å². The van der Waals surface area contributed by atoms with Crippen molar-refractivity contribution < 1.29 is 5.11 Å². The Labute approximate surface area is 78.6 Å². The monoisotopic (exact) mass is 195 g/mol. The van der Waals surface area contributed by atoms with E-state index in [1.54, 1.807) is 18.2 Å². The van der Waals surface area contributed by atoms with Crippen molar-refractivity contribution in [2.75, 3.05) is 0 Å². The van der Waals surface area contributed by atoms with Gasteiger partial charge in [0.1, 0.15) is 0 Å². The summed E-state index contributed by atoms with van der Waals surface area (Å²) in [5.74, 6) is -0.126. The molecule has 0 unspecified atom stereocenters. The van der Waals surface area contributed by atoms with E-state index in [1.807, 2.05) is 0 Å². The average molecular weight is 196 g/mol. The summed E-state index contributed by atoms with van der Waals surface area (Å²) in [5, 5.41) is 11.1. The van der Waals surface area contributed by atoms with Gasteiger partial charge in [-0.05, 0) is 23.6 Å². The standard InChI is InChI=1S/C9H6ClNO2/c10-6-1-2-7-5(3-6)4-8(12)11-9(7)13/h1-4H,(H2,11,12,13). The van der Waals surface area contributed by atoms with Crippen LogP contribution in [0.15, 0.2) is 29.1 Å². The summed E-state index contributed by atoms with van der Waals surface area (Å²) in [6, 6.07) is 6.33. The molecular formula is C9H6ClNO2. The maximum Gasteiger partial charge on any atom is 0.251 e. The zero-order valence-electron chi connectivity index (χ0n) is 6.54. The predicted octanol–water partition coefficient (Wildman–Crippen LogP) is 1.89. The highest BCUT2D eigenvalue weighted by Crippen LogP contribution is 2.22. The van der Waals surface area contributed by atoms with Crippen LogP contribution in [0.1, 0.15) is 0 Å². The van der Waals surface area contributed by atoms with E-state index in [0.29, 0.717) is 15.8 Å². The molecule has 0 spiro atoms. The first-order chi connectivity index (χ1) is 6.16. The van der Waals surface area contributed by atoms with E-state index >= 15 is 0 Å². The largest absolute Gasteiger partial charge is 0.494 e. The van der Waals surface area contributed by atoms with Crippen LogP contribution in [0.5, 0.6) is 5.88 Å². The van der Waals surface area contributed by atoms with Crippen molar-refractivity contribution in [3.05, 3.63) is 39.6 Å². The normalized spacial score (nSPS) is 10.5. The third-order valence-corrected chi connectivity index (χ3v) is 2.03. The van der Waals surface area contributed by atoms with Crippen molar-refractivity contribution in [1.82, 2.24) is 4.98 Å². The Bertz CT molecular complexity index is 518. The van der Waals surface area contributed by atoms with Gasteiger partial charge in [-0.15, -0.1) is 0 Å². The second-order valence-electron chi connectivity index (χ2n) is 2.71. The summed E-state index contributed by atoms with van der Waals surface area (Å²) in [6.45, 7) is 0. The van der Waals surface area contributed by atoms with Gasteiger partial charge in [-0.3, -0.25) is 9.78 Å². The number of rotatable bonds is 0.